The molecule has 0 bridgehead atoms. The Kier molecular flexibility index (Phi) is 4.43. The number of nitrogens with two attached hydrogens (primary N) is 1. The molecule has 0 aliphatic rings. The van der Waals surface area contributed by atoms with Crippen LogP contribution in [0.15, 0.2) is 41.1 Å². The lowest BCUT2D eigenvalue weighted by Crippen LogP contribution is -2.32. The van der Waals surface area contributed by atoms with Gasteiger partial charge in [-0.05, 0) is 40.0 Å². The second kappa shape index (κ2) is 5.87. The first kappa shape index (κ1) is 13.6. The average Bonchev–Trinajstić information content (AvgIpc) is 2.76. The van der Waals surface area contributed by atoms with Gasteiger partial charge in [0, 0.05) is 17.3 Å². The molecule has 1 heterocycles. The number of nitrogens with zero attached hydrogens (tertiary/aromatic N) is 2. The molecule has 1 aromatic carbocycles. The smallest absolute Gasteiger partial charge is 0.0920 e. The molecule has 0 aliphatic carbocycles. The lowest BCUT2D eigenvalue weighted by Gasteiger charge is -2.24. The van der Waals surface area contributed by atoms with E-state index in [2.05, 4.69) is 28.0 Å². The molecule has 0 radical (unpaired) electrons. The molecule has 0 saturated carbocycles. The van der Waals surface area contributed by atoms with E-state index in [4.69, 9.17) is 17.3 Å². The molecule has 2 rings (SSSR count). The number of benzene rings is 1. The van der Waals surface area contributed by atoms with Gasteiger partial charge in [0.15, 0.2) is 0 Å². The zero-order valence-corrected chi connectivity index (χ0v) is 12.4. The van der Waals surface area contributed by atoms with Gasteiger partial charge in [-0.15, -0.1) is 0 Å². The minimum atomic E-state index is -0.00438. The standard InChI is InChI=1S/C13H15BrClN3/c1-2-12(16)13(18-8-10(14)7-17-18)9-4-3-5-11(15)6-9/h3-8,12-13H,2,16H2,1H3. The molecular weight excluding hydrogens is 314 g/mol. The van der Waals surface area contributed by atoms with Crippen molar-refractivity contribution in [1.82, 2.24) is 9.78 Å². The van der Waals surface area contributed by atoms with Gasteiger partial charge in [-0.25, -0.2) is 0 Å². The summed E-state index contributed by atoms with van der Waals surface area (Å²) in [6, 6.07) is 7.76. The minimum absolute atomic E-state index is 0. The van der Waals surface area contributed by atoms with Crippen LogP contribution < -0.4 is 5.73 Å². The van der Waals surface area contributed by atoms with Crippen LogP contribution in [0.25, 0.3) is 0 Å². The highest BCUT2D eigenvalue weighted by Gasteiger charge is 2.21. The first-order valence-corrected chi connectivity index (χ1v) is 6.99. The van der Waals surface area contributed by atoms with Crippen molar-refractivity contribution in [2.45, 2.75) is 25.4 Å². The molecule has 2 unspecified atom stereocenters. The van der Waals surface area contributed by atoms with Crippen LogP contribution in [-0.2, 0) is 0 Å². The van der Waals surface area contributed by atoms with Gasteiger partial charge in [0.1, 0.15) is 0 Å². The Morgan fingerprint density at radius 3 is 2.83 bits per heavy atom. The number of rotatable bonds is 4. The summed E-state index contributed by atoms with van der Waals surface area (Å²) in [5.41, 5.74) is 7.30. The maximum Gasteiger partial charge on any atom is 0.0920 e. The zero-order chi connectivity index (χ0) is 13.1. The molecule has 2 atom stereocenters. The summed E-state index contributed by atoms with van der Waals surface area (Å²) in [6.45, 7) is 2.07. The predicted molar refractivity (Wildman–Crippen MR) is 77.8 cm³/mol. The third-order valence-electron chi connectivity index (χ3n) is 2.92. The van der Waals surface area contributed by atoms with Crippen molar-refractivity contribution in [2.75, 3.05) is 0 Å². The molecule has 0 saturated heterocycles. The molecule has 18 heavy (non-hydrogen) atoms. The number of halogens is 2. The van der Waals surface area contributed by atoms with E-state index in [1.54, 1.807) is 6.20 Å². The van der Waals surface area contributed by atoms with Gasteiger partial charge in [-0.3, -0.25) is 4.68 Å². The lowest BCUT2D eigenvalue weighted by molar-refractivity contribution is 0.424. The van der Waals surface area contributed by atoms with Crippen LogP contribution in [-0.4, -0.2) is 15.8 Å². The Hall–Kier alpha value is -0.840. The van der Waals surface area contributed by atoms with Crippen molar-refractivity contribution in [2.24, 2.45) is 5.73 Å². The molecule has 2 aromatic rings. The second-order valence-corrected chi connectivity index (χ2v) is 5.56. The van der Waals surface area contributed by atoms with Gasteiger partial charge >= 0.3 is 0 Å². The molecule has 5 heteroatoms. The predicted octanol–water partition coefficient (Wildman–Crippen LogP) is 3.63. The Balaban J connectivity index is 2.43. The zero-order valence-electron chi connectivity index (χ0n) is 10.1. The van der Waals surface area contributed by atoms with Crippen LogP contribution in [0.2, 0.25) is 5.02 Å². The van der Waals surface area contributed by atoms with Gasteiger partial charge in [0.05, 0.1) is 16.7 Å². The van der Waals surface area contributed by atoms with E-state index in [0.717, 1.165) is 16.5 Å². The topological polar surface area (TPSA) is 43.8 Å². The molecule has 0 amide bonds. The Labute approximate surface area is 120 Å². The van der Waals surface area contributed by atoms with Crippen LogP contribution in [0.3, 0.4) is 0 Å². The maximum absolute atomic E-state index is 6.22. The molecule has 3 nitrogen and oxygen atoms in total. The Morgan fingerprint density at radius 2 is 2.28 bits per heavy atom. The third kappa shape index (κ3) is 2.94. The quantitative estimate of drug-likeness (QED) is 0.931. The van der Waals surface area contributed by atoms with E-state index in [1.165, 1.54) is 0 Å². The number of aromatic nitrogens is 2. The summed E-state index contributed by atoms with van der Waals surface area (Å²) in [4.78, 5) is 0. The van der Waals surface area contributed by atoms with Gasteiger partial charge in [-0.2, -0.15) is 5.10 Å². The van der Waals surface area contributed by atoms with Crippen molar-refractivity contribution in [3.05, 3.63) is 51.7 Å². The van der Waals surface area contributed by atoms with E-state index in [-0.39, 0.29) is 12.1 Å². The van der Waals surface area contributed by atoms with Crippen molar-refractivity contribution < 1.29 is 0 Å². The van der Waals surface area contributed by atoms with Crippen LogP contribution in [0, 0.1) is 0 Å². The van der Waals surface area contributed by atoms with Gasteiger partial charge in [0.2, 0.25) is 0 Å². The summed E-state index contributed by atoms with van der Waals surface area (Å²) in [7, 11) is 0. The summed E-state index contributed by atoms with van der Waals surface area (Å²) >= 11 is 9.46. The van der Waals surface area contributed by atoms with Crippen LogP contribution in [0.1, 0.15) is 24.9 Å². The monoisotopic (exact) mass is 327 g/mol. The number of hydrogen-bond acceptors (Lipinski definition) is 2. The van der Waals surface area contributed by atoms with E-state index >= 15 is 0 Å². The van der Waals surface area contributed by atoms with Crippen LogP contribution >= 0.6 is 27.5 Å². The second-order valence-electron chi connectivity index (χ2n) is 4.21. The van der Waals surface area contributed by atoms with E-state index in [1.807, 2.05) is 35.1 Å². The molecule has 0 fully saturated rings. The van der Waals surface area contributed by atoms with Crippen molar-refractivity contribution in [1.29, 1.82) is 0 Å². The van der Waals surface area contributed by atoms with Crippen molar-refractivity contribution in [3.8, 4) is 0 Å². The van der Waals surface area contributed by atoms with Gasteiger partial charge < -0.3 is 5.73 Å². The summed E-state index contributed by atoms with van der Waals surface area (Å²) in [6.07, 6.45) is 4.57. The largest absolute Gasteiger partial charge is 0.326 e. The fourth-order valence-corrected chi connectivity index (χ4v) is 2.48. The number of hydrogen-bond donors (Lipinski definition) is 1. The fraction of sp³-hybridized carbons (Fsp3) is 0.308. The highest BCUT2D eigenvalue weighted by atomic mass is 79.9. The van der Waals surface area contributed by atoms with E-state index in [0.29, 0.717) is 5.02 Å². The Morgan fingerprint density at radius 1 is 1.50 bits per heavy atom. The molecule has 0 aliphatic heterocycles. The lowest BCUT2D eigenvalue weighted by atomic mass is 9.98. The first-order chi connectivity index (χ1) is 8.61. The molecular formula is C13H15BrClN3. The summed E-state index contributed by atoms with van der Waals surface area (Å²) in [5.74, 6) is 0. The third-order valence-corrected chi connectivity index (χ3v) is 3.57. The van der Waals surface area contributed by atoms with Crippen molar-refractivity contribution >= 4 is 27.5 Å². The van der Waals surface area contributed by atoms with Gasteiger partial charge in [0.25, 0.3) is 0 Å². The molecule has 0 spiro atoms. The molecule has 2 N–H and O–H groups in total. The molecule has 1 aromatic heterocycles. The van der Waals surface area contributed by atoms with E-state index < -0.39 is 0 Å². The highest BCUT2D eigenvalue weighted by molar-refractivity contribution is 9.10. The highest BCUT2D eigenvalue weighted by Crippen LogP contribution is 2.25. The van der Waals surface area contributed by atoms with Crippen LogP contribution in [0.5, 0.6) is 0 Å². The fourth-order valence-electron chi connectivity index (χ4n) is 1.98. The van der Waals surface area contributed by atoms with Crippen molar-refractivity contribution in [3.63, 3.8) is 0 Å². The maximum atomic E-state index is 6.22. The van der Waals surface area contributed by atoms with E-state index in [9.17, 15) is 0 Å². The summed E-state index contributed by atoms with van der Waals surface area (Å²) < 4.78 is 2.82. The van der Waals surface area contributed by atoms with Crippen LogP contribution in [0.4, 0.5) is 0 Å². The minimum Gasteiger partial charge on any atom is -0.326 e. The first-order valence-electron chi connectivity index (χ1n) is 5.82. The summed E-state index contributed by atoms with van der Waals surface area (Å²) in [5, 5.41) is 5.05. The van der Waals surface area contributed by atoms with Gasteiger partial charge in [-0.1, -0.05) is 30.7 Å². The SMILES string of the molecule is CCC(N)C(c1cccc(Cl)c1)n1cc(Br)cn1. The Bertz CT molecular complexity index is 526. The molecule has 96 valence electrons. The normalized spacial score (nSPS) is 14.4. The average molecular weight is 329 g/mol.